The lowest BCUT2D eigenvalue weighted by Gasteiger charge is -2.42. The van der Waals surface area contributed by atoms with Crippen molar-refractivity contribution in [2.75, 3.05) is 19.7 Å². The zero-order valence-electron chi connectivity index (χ0n) is 25.8. The fraction of sp³-hybridized carbons (Fsp3) is 0.389. The number of benzene rings is 3. The van der Waals surface area contributed by atoms with Crippen molar-refractivity contribution in [1.82, 2.24) is 4.31 Å². The number of hydrogen-bond donors (Lipinski definition) is 0. The molecule has 2 aliphatic heterocycles. The third-order valence-corrected chi connectivity index (χ3v) is 15.5. The average molecular weight is 614 g/mol. The van der Waals surface area contributed by atoms with Crippen LogP contribution in [0.4, 0.5) is 0 Å². The Morgan fingerprint density at radius 2 is 1.47 bits per heavy atom. The van der Waals surface area contributed by atoms with Gasteiger partial charge in [-0.15, -0.1) is 0 Å². The van der Waals surface area contributed by atoms with E-state index in [2.05, 4.69) is 93.3 Å². The van der Waals surface area contributed by atoms with E-state index in [-0.39, 0.29) is 11.1 Å². The highest BCUT2D eigenvalue weighted by atomic mass is 32.2. The predicted octanol–water partition coefficient (Wildman–Crippen LogP) is 6.18. The molecule has 2 heterocycles. The summed E-state index contributed by atoms with van der Waals surface area (Å²) in [7, 11) is -6.12. The third kappa shape index (κ3) is 6.83. The van der Waals surface area contributed by atoms with Gasteiger partial charge in [0.2, 0.25) is 10.0 Å². The normalized spacial score (nSPS) is 18.5. The highest BCUT2D eigenvalue weighted by Gasteiger charge is 2.50. The van der Waals surface area contributed by atoms with Crippen LogP contribution < -0.4 is 10.4 Å². The molecule has 0 spiro atoms. The molecular weight excluding hydrogens is 571 g/mol. The first-order valence-corrected chi connectivity index (χ1v) is 18.6. The SMILES string of the molecule is Cc1ccc(S(=O)(=O)N2CCC(=C3CCCC(C#CCO[Si](c4ccccc4)(c4ccccc4)C(C)(C)C)O3)CC2)cc1. The molecule has 3 aromatic carbocycles. The van der Waals surface area contributed by atoms with Crippen LogP contribution in [0, 0.1) is 18.8 Å². The Hall–Kier alpha value is -3.15. The van der Waals surface area contributed by atoms with Crippen LogP contribution in [0.2, 0.25) is 5.04 Å². The molecule has 3 aromatic rings. The van der Waals surface area contributed by atoms with E-state index >= 15 is 0 Å². The summed E-state index contributed by atoms with van der Waals surface area (Å²) < 4.78 is 41.2. The van der Waals surface area contributed by atoms with Gasteiger partial charge < -0.3 is 9.16 Å². The Morgan fingerprint density at radius 1 is 0.884 bits per heavy atom. The zero-order chi connectivity index (χ0) is 30.5. The van der Waals surface area contributed by atoms with E-state index in [0.717, 1.165) is 30.6 Å². The number of hydrogen-bond acceptors (Lipinski definition) is 4. The summed E-state index contributed by atoms with van der Waals surface area (Å²) in [5.74, 6) is 7.69. The zero-order valence-corrected chi connectivity index (χ0v) is 27.6. The van der Waals surface area contributed by atoms with Gasteiger partial charge in [0.25, 0.3) is 8.32 Å². The van der Waals surface area contributed by atoms with Crippen LogP contribution in [0.15, 0.2) is 101 Å². The summed E-state index contributed by atoms with van der Waals surface area (Å²) in [4.78, 5) is 0.360. The van der Waals surface area contributed by atoms with Gasteiger partial charge in [0.15, 0.2) is 6.10 Å². The smallest absolute Gasteiger partial charge is 0.262 e. The van der Waals surface area contributed by atoms with E-state index in [1.165, 1.54) is 15.9 Å². The summed E-state index contributed by atoms with van der Waals surface area (Å²) in [6.45, 7) is 10.1. The molecule has 5 rings (SSSR count). The average Bonchev–Trinajstić information content (AvgIpc) is 3.02. The molecule has 1 unspecified atom stereocenters. The molecule has 0 amide bonds. The minimum atomic E-state index is -3.48. The molecule has 1 atom stereocenters. The Bertz CT molecular complexity index is 1530. The molecule has 5 nitrogen and oxygen atoms in total. The number of piperidine rings is 1. The first-order chi connectivity index (χ1) is 20.6. The second-order valence-electron chi connectivity index (χ2n) is 12.5. The largest absolute Gasteiger partial charge is 0.482 e. The Labute approximate surface area is 259 Å². The van der Waals surface area contributed by atoms with Crippen molar-refractivity contribution in [3.8, 4) is 11.8 Å². The lowest BCUT2D eigenvalue weighted by molar-refractivity contribution is 0.110. The maximum absolute atomic E-state index is 13.1. The quantitative estimate of drug-likeness (QED) is 0.246. The molecule has 0 N–H and O–H groups in total. The van der Waals surface area contributed by atoms with Gasteiger partial charge >= 0.3 is 0 Å². The molecule has 0 radical (unpaired) electrons. The van der Waals surface area contributed by atoms with E-state index in [9.17, 15) is 8.42 Å². The molecule has 0 saturated carbocycles. The minimum Gasteiger partial charge on any atom is -0.482 e. The van der Waals surface area contributed by atoms with Gasteiger partial charge in [-0.2, -0.15) is 4.31 Å². The van der Waals surface area contributed by atoms with Crippen molar-refractivity contribution in [3.05, 3.63) is 102 Å². The lowest BCUT2D eigenvalue weighted by atomic mass is 9.98. The van der Waals surface area contributed by atoms with Crippen LogP contribution in [-0.2, 0) is 19.2 Å². The summed E-state index contributed by atoms with van der Waals surface area (Å²) in [5.41, 5.74) is 2.27. The molecule has 7 heteroatoms. The van der Waals surface area contributed by atoms with Gasteiger partial charge in [0.05, 0.1) is 17.3 Å². The van der Waals surface area contributed by atoms with Crippen LogP contribution in [0.3, 0.4) is 0 Å². The molecule has 43 heavy (non-hydrogen) atoms. The predicted molar refractivity (Wildman–Crippen MR) is 176 cm³/mol. The Balaban J connectivity index is 1.26. The van der Waals surface area contributed by atoms with Gasteiger partial charge in [-0.3, -0.25) is 0 Å². The fourth-order valence-corrected chi connectivity index (χ4v) is 12.2. The van der Waals surface area contributed by atoms with E-state index < -0.39 is 18.3 Å². The van der Waals surface area contributed by atoms with Gasteiger partial charge in [0, 0.05) is 19.5 Å². The van der Waals surface area contributed by atoms with Crippen molar-refractivity contribution < 1.29 is 17.6 Å². The van der Waals surface area contributed by atoms with E-state index in [1.807, 2.05) is 19.1 Å². The molecule has 0 aromatic heterocycles. The standard InChI is InChI=1S/C36H43NO4SSi/c1-29-20-22-32(23-21-29)42(38,39)37-26-24-30(25-27-37)35-19-11-13-31(41-35)14-12-28-40-43(36(2,3)4,33-15-7-5-8-16-33)34-17-9-6-10-18-34/h5-10,15-18,20-23,31H,11,13,19,24-28H2,1-4H3. The van der Waals surface area contributed by atoms with Gasteiger partial charge in [-0.1, -0.05) is 111 Å². The van der Waals surface area contributed by atoms with E-state index in [4.69, 9.17) is 9.16 Å². The topological polar surface area (TPSA) is 55.8 Å². The Kier molecular flexibility index (Phi) is 9.62. The number of rotatable bonds is 6. The van der Waals surface area contributed by atoms with Crippen molar-refractivity contribution in [1.29, 1.82) is 0 Å². The highest BCUT2D eigenvalue weighted by molar-refractivity contribution is 7.89. The summed E-state index contributed by atoms with van der Waals surface area (Å²) in [6.07, 6.45) is 4.00. The number of nitrogens with zero attached hydrogens (tertiary/aromatic N) is 1. The van der Waals surface area contributed by atoms with Crippen molar-refractivity contribution >= 4 is 28.7 Å². The highest BCUT2D eigenvalue weighted by Crippen LogP contribution is 2.37. The lowest BCUT2D eigenvalue weighted by Crippen LogP contribution is -2.66. The van der Waals surface area contributed by atoms with Gasteiger partial charge in [-0.25, -0.2) is 8.42 Å². The second-order valence-corrected chi connectivity index (χ2v) is 18.8. The minimum absolute atomic E-state index is 0.0991. The maximum Gasteiger partial charge on any atom is 0.262 e. The number of allylic oxidation sites excluding steroid dienone is 1. The van der Waals surface area contributed by atoms with E-state index in [0.29, 0.717) is 37.4 Å². The maximum atomic E-state index is 13.1. The molecule has 0 aliphatic carbocycles. The Morgan fingerprint density at radius 3 is 2.02 bits per heavy atom. The van der Waals surface area contributed by atoms with Gasteiger partial charge in [0.1, 0.15) is 0 Å². The number of aryl methyl sites for hydroxylation is 1. The van der Waals surface area contributed by atoms with Crippen molar-refractivity contribution in [3.63, 3.8) is 0 Å². The third-order valence-electron chi connectivity index (χ3n) is 8.57. The molecule has 226 valence electrons. The van der Waals surface area contributed by atoms with Crippen LogP contribution >= 0.6 is 0 Å². The molecule has 2 fully saturated rings. The van der Waals surface area contributed by atoms with Crippen molar-refractivity contribution in [2.24, 2.45) is 0 Å². The van der Waals surface area contributed by atoms with Crippen molar-refractivity contribution in [2.45, 2.75) is 75.8 Å². The molecular formula is C36H43NO4SSi. The monoisotopic (exact) mass is 613 g/mol. The van der Waals surface area contributed by atoms with E-state index in [1.54, 1.807) is 16.4 Å². The molecule has 2 aliphatic rings. The first-order valence-electron chi connectivity index (χ1n) is 15.3. The van der Waals surface area contributed by atoms with Gasteiger partial charge in [-0.05, 0) is 65.7 Å². The number of ether oxygens (including phenoxy) is 1. The summed E-state index contributed by atoms with van der Waals surface area (Å²) >= 11 is 0. The summed E-state index contributed by atoms with van der Waals surface area (Å²) in [5, 5.41) is 2.39. The van der Waals surface area contributed by atoms with Crippen LogP contribution in [0.5, 0.6) is 0 Å². The number of sulfonamides is 1. The molecule has 2 saturated heterocycles. The summed E-state index contributed by atoms with van der Waals surface area (Å²) in [6, 6.07) is 28.3. The first kappa shape index (κ1) is 31.3. The van der Waals surface area contributed by atoms with Crippen LogP contribution in [0.25, 0.3) is 0 Å². The van der Waals surface area contributed by atoms with Crippen LogP contribution in [-0.4, -0.2) is 46.8 Å². The fourth-order valence-electron chi connectivity index (χ4n) is 6.30. The molecule has 0 bridgehead atoms. The second kappa shape index (κ2) is 13.2. The van der Waals surface area contributed by atoms with Crippen LogP contribution in [0.1, 0.15) is 58.4 Å².